The molecule has 0 saturated carbocycles. The highest BCUT2D eigenvalue weighted by Gasteiger charge is 2.20. The summed E-state index contributed by atoms with van der Waals surface area (Å²) in [7, 11) is 0. The van der Waals surface area contributed by atoms with Crippen molar-refractivity contribution in [1.29, 1.82) is 0 Å². The molecule has 0 aromatic rings. The second kappa shape index (κ2) is 8.25. The van der Waals surface area contributed by atoms with E-state index in [1.165, 1.54) is 25.7 Å². The van der Waals surface area contributed by atoms with Gasteiger partial charge in [0.1, 0.15) is 0 Å². The third kappa shape index (κ3) is 3.97. The first-order valence-electron chi connectivity index (χ1n) is 6.20. The largest absolute Gasteiger partial charge is 0.329 e. The van der Waals surface area contributed by atoms with E-state index in [1.54, 1.807) is 0 Å². The summed E-state index contributed by atoms with van der Waals surface area (Å²) in [6.07, 6.45) is 4.97. The Bertz CT molecular complexity index is 105. The van der Waals surface area contributed by atoms with E-state index in [-0.39, 0.29) is 0 Å². The quantitative estimate of drug-likeness (QED) is 0.652. The first-order valence-corrected chi connectivity index (χ1v) is 6.20. The Morgan fingerprint density at radius 3 is 1.43 bits per heavy atom. The summed E-state index contributed by atoms with van der Waals surface area (Å²) in [5.41, 5.74) is 5.68. The van der Waals surface area contributed by atoms with Crippen molar-refractivity contribution in [2.75, 3.05) is 13.1 Å². The smallest absolute Gasteiger partial charge is 0.0110 e. The Morgan fingerprint density at radius 1 is 0.857 bits per heavy atom. The van der Waals surface area contributed by atoms with Crippen molar-refractivity contribution in [1.82, 2.24) is 4.90 Å². The van der Waals surface area contributed by atoms with Crippen molar-refractivity contribution in [3.05, 3.63) is 0 Å². The fourth-order valence-electron chi connectivity index (χ4n) is 2.33. The molecule has 2 heteroatoms. The zero-order chi connectivity index (χ0) is 11.0. The Hall–Kier alpha value is -0.0800. The van der Waals surface area contributed by atoms with E-state index in [0.29, 0.717) is 0 Å². The van der Waals surface area contributed by atoms with Crippen molar-refractivity contribution in [2.45, 2.75) is 65.5 Å². The molecule has 0 amide bonds. The van der Waals surface area contributed by atoms with Gasteiger partial charge in [-0.1, -0.05) is 27.7 Å². The second-order valence-corrected chi connectivity index (χ2v) is 3.97. The van der Waals surface area contributed by atoms with Crippen LogP contribution in [0.5, 0.6) is 0 Å². The van der Waals surface area contributed by atoms with E-state index in [0.717, 1.165) is 25.2 Å². The van der Waals surface area contributed by atoms with Crippen molar-refractivity contribution in [3.63, 3.8) is 0 Å². The maximum Gasteiger partial charge on any atom is 0.0110 e. The van der Waals surface area contributed by atoms with Crippen LogP contribution in [0.3, 0.4) is 0 Å². The van der Waals surface area contributed by atoms with Gasteiger partial charge in [-0.15, -0.1) is 0 Å². The summed E-state index contributed by atoms with van der Waals surface area (Å²) in [6, 6.07) is 1.45. The van der Waals surface area contributed by atoms with Gasteiger partial charge in [0.05, 0.1) is 0 Å². The van der Waals surface area contributed by atoms with Crippen LogP contribution in [0, 0.1) is 0 Å². The molecule has 2 N–H and O–H groups in total. The van der Waals surface area contributed by atoms with Gasteiger partial charge < -0.3 is 5.73 Å². The fraction of sp³-hybridized carbons (Fsp3) is 1.00. The van der Waals surface area contributed by atoms with Crippen LogP contribution in [0.1, 0.15) is 53.4 Å². The maximum atomic E-state index is 5.68. The molecule has 2 nitrogen and oxygen atoms in total. The molecular formula is C12H28N2. The van der Waals surface area contributed by atoms with E-state index < -0.39 is 0 Å². The van der Waals surface area contributed by atoms with Gasteiger partial charge in [0.2, 0.25) is 0 Å². The highest BCUT2D eigenvalue weighted by Crippen LogP contribution is 2.16. The monoisotopic (exact) mass is 200 g/mol. The molecule has 0 rings (SSSR count). The average molecular weight is 200 g/mol. The standard InChI is InChI=1S/C12H28N2/c1-5-11(6-2)14(10-9-13)12(7-3)8-4/h11-12H,5-10,13H2,1-4H3. The predicted octanol–water partition coefficient (Wildman–Crippen LogP) is 2.62. The molecule has 0 fully saturated rings. The van der Waals surface area contributed by atoms with Gasteiger partial charge in [-0.25, -0.2) is 0 Å². The molecule has 0 aliphatic carbocycles. The van der Waals surface area contributed by atoms with Crippen LogP contribution in [0.4, 0.5) is 0 Å². The minimum atomic E-state index is 0.725. The zero-order valence-corrected chi connectivity index (χ0v) is 10.4. The minimum Gasteiger partial charge on any atom is -0.329 e. The predicted molar refractivity (Wildman–Crippen MR) is 64.5 cm³/mol. The lowest BCUT2D eigenvalue weighted by Gasteiger charge is -2.36. The van der Waals surface area contributed by atoms with Gasteiger partial charge in [0.15, 0.2) is 0 Å². The Morgan fingerprint density at radius 2 is 1.21 bits per heavy atom. The van der Waals surface area contributed by atoms with E-state index in [2.05, 4.69) is 32.6 Å². The molecule has 0 atom stereocenters. The molecule has 0 heterocycles. The highest BCUT2D eigenvalue weighted by atomic mass is 15.2. The van der Waals surface area contributed by atoms with Crippen LogP contribution in [0.15, 0.2) is 0 Å². The summed E-state index contributed by atoms with van der Waals surface area (Å²) in [5, 5.41) is 0. The normalized spacial score (nSPS) is 12.0. The molecular weight excluding hydrogens is 172 g/mol. The molecule has 0 aromatic carbocycles. The minimum absolute atomic E-state index is 0.725. The number of rotatable bonds is 8. The third-order valence-electron chi connectivity index (χ3n) is 3.21. The molecule has 86 valence electrons. The van der Waals surface area contributed by atoms with E-state index in [9.17, 15) is 0 Å². The van der Waals surface area contributed by atoms with Crippen molar-refractivity contribution in [2.24, 2.45) is 5.73 Å². The topological polar surface area (TPSA) is 29.3 Å². The molecule has 0 aromatic heterocycles. The van der Waals surface area contributed by atoms with Crippen molar-refractivity contribution >= 4 is 0 Å². The van der Waals surface area contributed by atoms with Crippen LogP contribution < -0.4 is 5.73 Å². The van der Waals surface area contributed by atoms with Crippen LogP contribution >= 0.6 is 0 Å². The number of nitrogens with zero attached hydrogens (tertiary/aromatic N) is 1. The average Bonchev–Trinajstić information content (AvgIpc) is 2.21. The molecule has 0 aliphatic heterocycles. The van der Waals surface area contributed by atoms with Gasteiger partial charge in [0, 0.05) is 25.2 Å². The molecule has 0 radical (unpaired) electrons. The van der Waals surface area contributed by atoms with Crippen LogP contribution in [0.2, 0.25) is 0 Å². The first kappa shape index (κ1) is 13.9. The van der Waals surface area contributed by atoms with Crippen molar-refractivity contribution < 1.29 is 0 Å². The molecule has 14 heavy (non-hydrogen) atoms. The lowest BCUT2D eigenvalue weighted by molar-refractivity contribution is 0.122. The van der Waals surface area contributed by atoms with Crippen LogP contribution in [-0.4, -0.2) is 30.1 Å². The maximum absolute atomic E-state index is 5.68. The number of hydrogen-bond donors (Lipinski definition) is 1. The summed E-state index contributed by atoms with van der Waals surface area (Å²) < 4.78 is 0. The van der Waals surface area contributed by atoms with E-state index in [4.69, 9.17) is 5.73 Å². The third-order valence-corrected chi connectivity index (χ3v) is 3.21. The lowest BCUT2D eigenvalue weighted by atomic mass is 10.0. The number of hydrogen-bond acceptors (Lipinski definition) is 2. The molecule has 0 bridgehead atoms. The molecule has 0 saturated heterocycles. The van der Waals surface area contributed by atoms with E-state index in [1.807, 2.05) is 0 Å². The highest BCUT2D eigenvalue weighted by molar-refractivity contribution is 4.76. The van der Waals surface area contributed by atoms with E-state index >= 15 is 0 Å². The van der Waals surface area contributed by atoms with Gasteiger partial charge in [-0.3, -0.25) is 4.90 Å². The number of nitrogens with two attached hydrogens (primary N) is 1. The fourth-order valence-corrected chi connectivity index (χ4v) is 2.33. The van der Waals surface area contributed by atoms with Crippen LogP contribution in [0.25, 0.3) is 0 Å². The summed E-state index contributed by atoms with van der Waals surface area (Å²) in [5.74, 6) is 0. The van der Waals surface area contributed by atoms with Crippen LogP contribution in [-0.2, 0) is 0 Å². The second-order valence-electron chi connectivity index (χ2n) is 3.97. The van der Waals surface area contributed by atoms with Gasteiger partial charge >= 0.3 is 0 Å². The molecule has 0 spiro atoms. The van der Waals surface area contributed by atoms with Crippen molar-refractivity contribution in [3.8, 4) is 0 Å². The first-order chi connectivity index (χ1) is 6.74. The summed E-state index contributed by atoms with van der Waals surface area (Å²) in [4.78, 5) is 2.61. The SMILES string of the molecule is CCC(CC)N(CCN)C(CC)CC. The Balaban J connectivity index is 4.36. The summed E-state index contributed by atoms with van der Waals surface area (Å²) >= 11 is 0. The Labute approximate surface area is 89.9 Å². The Kier molecular flexibility index (Phi) is 8.20. The summed E-state index contributed by atoms with van der Waals surface area (Å²) in [6.45, 7) is 11.0. The zero-order valence-electron chi connectivity index (χ0n) is 10.4. The molecule has 0 aliphatic rings. The molecule has 0 unspecified atom stereocenters. The van der Waals surface area contributed by atoms with Gasteiger partial charge in [-0.05, 0) is 25.7 Å². The lowest BCUT2D eigenvalue weighted by Crippen LogP contribution is -2.44. The van der Waals surface area contributed by atoms with Gasteiger partial charge in [0.25, 0.3) is 0 Å². The van der Waals surface area contributed by atoms with Gasteiger partial charge in [-0.2, -0.15) is 0 Å².